The van der Waals surface area contributed by atoms with Crippen LogP contribution in [0.5, 0.6) is 0 Å². The molecule has 0 bridgehead atoms. The molecule has 2 rings (SSSR count). The van der Waals surface area contributed by atoms with Crippen LogP contribution in [0.4, 0.5) is 11.5 Å². The minimum atomic E-state index is -0.476. The van der Waals surface area contributed by atoms with E-state index in [-0.39, 0.29) is 5.69 Å². The van der Waals surface area contributed by atoms with E-state index in [4.69, 9.17) is 0 Å². The van der Waals surface area contributed by atoms with E-state index < -0.39 is 4.92 Å². The highest BCUT2D eigenvalue weighted by atomic mass is 79.9. The zero-order valence-electron chi connectivity index (χ0n) is 9.25. The molecule has 2 aromatic heterocycles. The van der Waals surface area contributed by atoms with Crippen LogP contribution in [0.2, 0.25) is 0 Å². The maximum Gasteiger partial charge on any atom is 0.291 e. The molecule has 9 heteroatoms. The lowest BCUT2D eigenvalue weighted by atomic mass is 10.2. The highest BCUT2D eigenvalue weighted by molar-refractivity contribution is 9.10. The van der Waals surface area contributed by atoms with Gasteiger partial charge in [0, 0.05) is 5.56 Å². The Morgan fingerprint density at radius 3 is 2.94 bits per heavy atom. The average molecular weight is 314 g/mol. The molecule has 2 aromatic rings. The highest BCUT2D eigenvalue weighted by Crippen LogP contribution is 2.30. The van der Waals surface area contributed by atoms with Crippen molar-refractivity contribution in [1.82, 2.24) is 15.1 Å². The van der Waals surface area contributed by atoms with Gasteiger partial charge in [0.05, 0.1) is 15.9 Å². The van der Waals surface area contributed by atoms with Gasteiger partial charge in [-0.1, -0.05) is 5.16 Å². The molecule has 0 aliphatic rings. The summed E-state index contributed by atoms with van der Waals surface area (Å²) in [7, 11) is 0. The van der Waals surface area contributed by atoms with Crippen molar-refractivity contribution in [3.63, 3.8) is 0 Å². The molecule has 2 heterocycles. The van der Waals surface area contributed by atoms with Gasteiger partial charge in [-0.05, 0) is 22.9 Å². The van der Waals surface area contributed by atoms with E-state index in [1.165, 1.54) is 12.6 Å². The minimum absolute atomic E-state index is 0.0352. The van der Waals surface area contributed by atoms with Crippen LogP contribution in [0.15, 0.2) is 21.6 Å². The topological polar surface area (TPSA) is 107 Å². The van der Waals surface area contributed by atoms with Crippen molar-refractivity contribution < 1.29 is 9.45 Å². The molecule has 0 amide bonds. The predicted molar refractivity (Wildman–Crippen MR) is 65.0 cm³/mol. The van der Waals surface area contributed by atoms with E-state index in [1.807, 2.05) is 0 Å². The smallest absolute Gasteiger partial charge is 0.291 e. The zero-order valence-corrected chi connectivity index (χ0v) is 10.8. The molecule has 0 spiro atoms. The number of hydrogen-bond donors (Lipinski definition) is 1. The number of nitrogens with one attached hydrogen (secondary N) is 1. The van der Waals surface area contributed by atoms with Gasteiger partial charge in [-0.15, -0.1) is 0 Å². The molecular formula is C9H8BrN5O3. The zero-order chi connectivity index (χ0) is 13.1. The van der Waals surface area contributed by atoms with Crippen LogP contribution in [0.1, 0.15) is 11.4 Å². The Balaban J connectivity index is 2.19. The Kier molecular flexibility index (Phi) is 3.51. The Morgan fingerprint density at radius 1 is 1.56 bits per heavy atom. The highest BCUT2D eigenvalue weighted by Gasteiger charge is 2.17. The lowest BCUT2D eigenvalue weighted by molar-refractivity contribution is -0.385. The molecule has 94 valence electrons. The largest absolute Gasteiger partial charge is 0.362 e. The van der Waals surface area contributed by atoms with Crippen molar-refractivity contribution in [3.05, 3.63) is 38.6 Å². The number of nitro groups is 1. The molecule has 1 N–H and O–H groups in total. The van der Waals surface area contributed by atoms with Crippen molar-refractivity contribution in [2.24, 2.45) is 0 Å². The van der Waals surface area contributed by atoms with Crippen LogP contribution in [0.25, 0.3) is 0 Å². The summed E-state index contributed by atoms with van der Waals surface area (Å²) in [5.74, 6) is 0.961. The lowest BCUT2D eigenvalue weighted by Gasteiger charge is -2.07. The first-order valence-corrected chi connectivity index (χ1v) is 5.67. The van der Waals surface area contributed by atoms with Crippen molar-refractivity contribution in [2.45, 2.75) is 13.5 Å². The molecule has 18 heavy (non-hydrogen) atoms. The summed E-state index contributed by atoms with van der Waals surface area (Å²) in [6.45, 7) is 1.96. The van der Waals surface area contributed by atoms with Gasteiger partial charge < -0.3 is 9.84 Å². The fourth-order valence-corrected chi connectivity index (χ4v) is 1.76. The van der Waals surface area contributed by atoms with E-state index in [1.54, 1.807) is 6.92 Å². The van der Waals surface area contributed by atoms with Crippen LogP contribution >= 0.6 is 15.9 Å². The van der Waals surface area contributed by atoms with E-state index >= 15 is 0 Å². The van der Waals surface area contributed by atoms with E-state index in [2.05, 4.69) is 40.9 Å². The number of aromatic nitrogens is 3. The van der Waals surface area contributed by atoms with Gasteiger partial charge in [0.1, 0.15) is 12.0 Å². The third kappa shape index (κ3) is 2.45. The minimum Gasteiger partial charge on any atom is -0.362 e. The van der Waals surface area contributed by atoms with Crippen molar-refractivity contribution in [1.29, 1.82) is 0 Å². The first-order chi connectivity index (χ1) is 8.59. The second-order valence-electron chi connectivity index (χ2n) is 3.39. The Bertz CT molecular complexity index is 572. The summed E-state index contributed by atoms with van der Waals surface area (Å²) in [4.78, 5) is 18.1. The van der Waals surface area contributed by atoms with Crippen molar-refractivity contribution >= 4 is 27.4 Å². The summed E-state index contributed by atoms with van der Waals surface area (Å²) < 4.78 is 5.13. The Morgan fingerprint density at radius 2 is 2.33 bits per heavy atom. The van der Waals surface area contributed by atoms with Crippen LogP contribution in [-0.2, 0) is 6.54 Å². The number of pyridine rings is 1. The van der Waals surface area contributed by atoms with Gasteiger partial charge in [-0.25, -0.2) is 4.98 Å². The summed E-state index contributed by atoms with van der Waals surface area (Å²) in [5.41, 5.74) is 0.470. The standard InChI is InChI=1S/C9H8BrN5O3/c1-5-6(15(16)17)2-11-9(8(5)10)12-3-7-13-4-18-14-7/h2,4H,3H2,1H3,(H,11,12). The number of hydrogen-bond acceptors (Lipinski definition) is 7. The molecule has 0 saturated heterocycles. The first kappa shape index (κ1) is 12.4. The molecule has 0 radical (unpaired) electrons. The molecule has 8 nitrogen and oxygen atoms in total. The molecule has 0 saturated carbocycles. The second kappa shape index (κ2) is 5.08. The van der Waals surface area contributed by atoms with E-state index in [0.717, 1.165) is 0 Å². The number of anilines is 1. The van der Waals surface area contributed by atoms with E-state index in [0.29, 0.717) is 28.2 Å². The summed E-state index contributed by atoms with van der Waals surface area (Å²) >= 11 is 3.27. The van der Waals surface area contributed by atoms with Gasteiger partial charge >= 0.3 is 0 Å². The lowest BCUT2D eigenvalue weighted by Crippen LogP contribution is -2.05. The molecule has 0 aliphatic heterocycles. The average Bonchev–Trinajstić information content (AvgIpc) is 2.83. The third-order valence-electron chi connectivity index (χ3n) is 2.25. The number of rotatable bonds is 4. The quantitative estimate of drug-likeness (QED) is 0.679. The first-order valence-electron chi connectivity index (χ1n) is 4.88. The molecule has 0 aliphatic carbocycles. The number of nitrogens with zero attached hydrogens (tertiary/aromatic N) is 4. The molecule has 0 fully saturated rings. The van der Waals surface area contributed by atoms with Gasteiger partial charge in [0.25, 0.3) is 5.69 Å². The molecule has 0 aromatic carbocycles. The van der Waals surface area contributed by atoms with Crippen molar-refractivity contribution in [2.75, 3.05) is 5.32 Å². The van der Waals surface area contributed by atoms with Crippen LogP contribution in [0, 0.1) is 17.0 Å². The third-order valence-corrected chi connectivity index (χ3v) is 3.23. The van der Waals surface area contributed by atoms with Gasteiger partial charge in [0.2, 0.25) is 6.39 Å². The van der Waals surface area contributed by atoms with Crippen LogP contribution in [0.3, 0.4) is 0 Å². The molecule has 0 unspecified atom stereocenters. The summed E-state index contributed by atoms with van der Waals surface area (Å²) in [6.07, 6.45) is 2.43. The normalized spacial score (nSPS) is 10.3. The predicted octanol–water partition coefficient (Wildman–Crippen LogP) is 2.06. The SMILES string of the molecule is Cc1c([N+](=O)[O-])cnc(NCc2ncon2)c1Br. The summed E-state index contributed by atoms with van der Waals surface area (Å²) in [5, 5.41) is 17.3. The van der Waals surface area contributed by atoms with Gasteiger partial charge in [-0.2, -0.15) is 4.98 Å². The molecule has 0 atom stereocenters. The Labute approximate surface area is 110 Å². The fraction of sp³-hybridized carbons (Fsp3) is 0.222. The Hall–Kier alpha value is -2.03. The molecular weight excluding hydrogens is 306 g/mol. The van der Waals surface area contributed by atoms with Gasteiger partial charge in [-0.3, -0.25) is 10.1 Å². The second-order valence-corrected chi connectivity index (χ2v) is 4.18. The maximum atomic E-state index is 10.7. The fourth-order valence-electron chi connectivity index (χ4n) is 1.31. The van der Waals surface area contributed by atoms with Crippen LogP contribution < -0.4 is 5.32 Å². The van der Waals surface area contributed by atoms with Crippen molar-refractivity contribution in [3.8, 4) is 0 Å². The van der Waals surface area contributed by atoms with E-state index in [9.17, 15) is 10.1 Å². The maximum absolute atomic E-state index is 10.7. The monoisotopic (exact) mass is 313 g/mol. The van der Waals surface area contributed by atoms with Gasteiger partial charge in [0.15, 0.2) is 5.82 Å². The summed E-state index contributed by atoms with van der Waals surface area (Å²) in [6, 6.07) is 0. The number of halogens is 1. The van der Waals surface area contributed by atoms with Crippen LogP contribution in [-0.4, -0.2) is 20.0 Å².